The topological polar surface area (TPSA) is 83.0 Å². The van der Waals surface area contributed by atoms with Crippen LogP contribution in [-0.2, 0) is 0 Å². The van der Waals surface area contributed by atoms with Gasteiger partial charge in [-0.15, -0.1) is 22.7 Å². The minimum Gasteiger partial charge on any atom is -0.382 e. The van der Waals surface area contributed by atoms with Gasteiger partial charge in [0.05, 0.1) is 21.3 Å². The number of carbonyl (C=O) groups is 1. The Balaban J connectivity index is 1.42. The fourth-order valence-corrected chi connectivity index (χ4v) is 5.32. The molecule has 164 valence electrons. The molecular formula is C23H24N6OS2. The predicted octanol–water partition coefficient (Wildman–Crippen LogP) is 5.61. The zero-order valence-electron chi connectivity index (χ0n) is 18.0. The van der Waals surface area contributed by atoms with Crippen LogP contribution in [0.5, 0.6) is 0 Å². The van der Waals surface area contributed by atoms with Crippen LogP contribution in [0.2, 0.25) is 0 Å². The lowest BCUT2D eigenvalue weighted by molar-refractivity contribution is 0.0788. The number of benzene rings is 1. The number of hydrogen-bond acceptors (Lipinski definition) is 8. The monoisotopic (exact) mass is 464 g/mol. The summed E-state index contributed by atoms with van der Waals surface area (Å²) in [6.07, 6.45) is 3.96. The second-order valence-electron chi connectivity index (χ2n) is 8.11. The van der Waals surface area contributed by atoms with E-state index in [0.29, 0.717) is 5.69 Å². The maximum Gasteiger partial charge on any atom is 0.273 e. The zero-order chi connectivity index (χ0) is 22.1. The molecule has 1 amide bonds. The van der Waals surface area contributed by atoms with E-state index in [9.17, 15) is 4.79 Å². The van der Waals surface area contributed by atoms with Crippen LogP contribution in [0, 0.1) is 0 Å². The smallest absolute Gasteiger partial charge is 0.273 e. The first kappa shape index (κ1) is 20.8. The highest BCUT2D eigenvalue weighted by Crippen LogP contribution is 2.33. The van der Waals surface area contributed by atoms with Gasteiger partial charge < -0.3 is 15.5 Å². The minimum atomic E-state index is 0.0214. The van der Waals surface area contributed by atoms with Crippen molar-refractivity contribution in [1.29, 1.82) is 0 Å². The van der Waals surface area contributed by atoms with Crippen molar-refractivity contribution in [3.63, 3.8) is 0 Å². The van der Waals surface area contributed by atoms with Crippen LogP contribution >= 0.6 is 22.7 Å². The molecule has 1 aromatic carbocycles. The Kier molecular flexibility index (Phi) is 5.75. The van der Waals surface area contributed by atoms with E-state index in [2.05, 4.69) is 45.5 Å². The maximum absolute atomic E-state index is 12.7. The van der Waals surface area contributed by atoms with Crippen LogP contribution < -0.4 is 10.6 Å². The average Bonchev–Trinajstić information content (AvgIpc) is 3.54. The molecule has 4 heterocycles. The summed E-state index contributed by atoms with van der Waals surface area (Å²) in [7, 11) is 0. The number of pyridine rings is 1. The Hall–Kier alpha value is -3.04. The largest absolute Gasteiger partial charge is 0.382 e. The third kappa shape index (κ3) is 4.31. The van der Waals surface area contributed by atoms with Crippen LogP contribution in [0.3, 0.4) is 0 Å². The van der Waals surface area contributed by atoms with Crippen LogP contribution in [0.1, 0.15) is 37.2 Å². The Morgan fingerprint density at radius 3 is 2.78 bits per heavy atom. The number of fused-ring (bicyclic) bond motifs is 1. The summed E-state index contributed by atoms with van der Waals surface area (Å²) < 4.78 is 1.13. The lowest BCUT2D eigenvalue weighted by Crippen LogP contribution is -2.27. The van der Waals surface area contributed by atoms with E-state index in [0.717, 1.165) is 63.9 Å². The number of rotatable bonds is 6. The molecule has 0 saturated carbocycles. The molecule has 0 spiro atoms. The van der Waals surface area contributed by atoms with Crippen molar-refractivity contribution >= 4 is 56.0 Å². The minimum absolute atomic E-state index is 0.0214. The molecule has 7 nitrogen and oxygen atoms in total. The number of hydrogen-bond donors (Lipinski definition) is 2. The number of nitrogens with one attached hydrogen (secondary N) is 2. The summed E-state index contributed by atoms with van der Waals surface area (Å²) in [5.74, 6) is 0.763. The summed E-state index contributed by atoms with van der Waals surface area (Å²) in [5.41, 5.74) is 6.16. The van der Waals surface area contributed by atoms with Gasteiger partial charge in [0.25, 0.3) is 5.91 Å². The zero-order valence-corrected chi connectivity index (χ0v) is 19.6. The molecule has 0 bridgehead atoms. The van der Waals surface area contributed by atoms with Crippen molar-refractivity contribution in [3.05, 3.63) is 47.0 Å². The standard InChI is InChI=1S/C23H24N6OS2/c1-14(2)26-18-10-21(27-15-5-6-17-20(9-15)32-13-25-17)24-11-16(18)22-28-19(12-31-22)23(30)29-7-3-4-8-29/h5-6,9-14H,3-4,7-8H2,1-2H3,(H2,24,26,27). The quantitative estimate of drug-likeness (QED) is 0.386. The van der Waals surface area contributed by atoms with Gasteiger partial charge >= 0.3 is 0 Å². The molecule has 1 fully saturated rings. The van der Waals surface area contributed by atoms with E-state index < -0.39 is 0 Å². The first-order chi connectivity index (χ1) is 15.6. The summed E-state index contributed by atoms with van der Waals surface area (Å²) in [6.45, 7) is 5.83. The fraction of sp³-hybridized carbons (Fsp3) is 0.304. The van der Waals surface area contributed by atoms with E-state index in [4.69, 9.17) is 0 Å². The first-order valence-electron chi connectivity index (χ1n) is 10.7. The fourth-order valence-electron chi connectivity index (χ4n) is 3.78. The van der Waals surface area contributed by atoms with Crippen LogP contribution in [-0.4, -0.2) is 44.9 Å². The molecule has 0 unspecified atom stereocenters. The second kappa shape index (κ2) is 8.84. The normalized spacial score (nSPS) is 13.8. The number of aromatic nitrogens is 3. The molecule has 5 rings (SSSR count). The number of carbonyl (C=O) groups excluding carboxylic acids is 1. The third-order valence-corrected chi connectivity index (χ3v) is 6.97. The van der Waals surface area contributed by atoms with Crippen molar-refractivity contribution in [1.82, 2.24) is 19.9 Å². The van der Waals surface area contributed by atoms with Crippen molar-refractivity contribution in [2.45, 2.75) is 32.7 Å². The molecule has 0 atom stereocenters. The number of likely N-dealkylation sites (tertiary alicyclic amines) is 1. The van der Waals surface area contributed by atoms with E-state index >= 15 is 0 Å². The molecular weight excluding hydrogens is 440 g/mol. The number of nitrogens with zero attached hydrogens (tertiary/aromatic N) is 4. The van der Waals surface area contributed by atoms with E-state index in [1.165, 1.54) is 11.3 Å². The summed E-state index contributed by atoms with van der Waals surface area (Å²) in [4.78, 5) is 28.2. The van der Waals surface area contributed by atoms with E-state index in [1.807, 2.05) is 40.2 Å². The van der Waals surface area contributed by atoms with Crippen LogP contribution in [0.25, 0.3) is 20.8 Å². The summed E-state index contributed by atoms with van der Waals surface area (Å²) in [6, 6.07) is 8.32. The number of thiazole rings is 2. The van der Waals surface area contributed by atoms with Crippen LogP contribution in [0.15, 0.2) is 41.4 Å². The van der Waals surface area contributed by atoms with Crippen molar-refractivity contribution in [2.75, 3.05) is 23.7 Å². The van der Waals surface area contributed by atoms with E-state index in [1.54, 1.807) is 11.3 Å². The molecule has 4 aromatic rings. The van der Waals surface area contributed by atoms with Gasteiger partial charge in [-0.25, -0.2) is 15.0 Å². The summed E-state index contributed by atoms with van der Waals surface area (Å²) in [5, 5.41) is 9.53. The van der Waals surface area contributed by atoms with Gasteiger partial charge in [-0.3, -0.25) is 4.79 Å². The third-order valence-electron chi connectivity index (χ3n) is 5.30. The molecule has 1 aliphatic heterocycles. The van der Waals surface area contributed by atoms with Gasteiger partial charge in [-0.05, 0) is 44.9 Å². The van der Waals surface area contributed by atoms with Gasteiger partial charge in [0.2, 0.25) is 0 Å². The highest BCUT2D eigenvalue weighted by Gasteiger charge is 2.22. The SMILES string of the molecule is CC(C)Nc1cc(Nc2ccc3ncsc3c2)ncc1-c1nc(C(=O)N2CCCC2)cs1. The Bertz CT molecular complexity index is 1260. The van der Waals surface area contributed by atoms with Crippen LogP contribution in [0.4, 0.5) is 17.2 Å². The maximum atomic E-state index is 12.7. The second-order valence-corrected chi connectivity index (χ2v) is 9.86. The molecule has 32 heavy (non-hydrogen) atoms. The predicted molar refractivity (Wildman–Crippen MR) is 132 cm³/mol. The molecule has 2 N–H and O–H groups in total. The molecule has 1 aliphatic rings. The van der Waals surface area contributed by atoms with Gasteiger partial charge in [0.1, 0.15) is 16.5 Å². The van der Waals surface area contributed by atoms with Gasteiger partial charge in [0.15, 0.2) is 0 Å². The lowest BCUT2D eigenvalue weighted by Gasteiger charge is -2.15. The molecule has 1 saturated heterocycles. The van der Waals surface area contributed by atoms with Gasteiger partial charge in [0, 0.05) is 48.1 Å². The Morgan fingerprint density at radius 1 is 1.12 bits per heavy atom. The number of anilines is 3. The van der Waals surface area contributed by atoms with Gasteiger partial charge in [-0.1, -0.05) is 0 Å². The Labute approximate surface area is 194 Å². The van der Waals surface area contributed by atoms with Gasteiger partial charge in [-0.2, -0.15) is 0 Å². The first-order valence-corrected chi connectivity index (χ1v) is 12.4. The average molecular weight is 465 g/mol. The molecule has 0 radical (unpaired) electrons. The van der Waals surface area contributed by atoms with Crippen molar-refractivity contribution < 1.29 is 4.79 Å². The molecule has 9 heteroatoms. The highest BCUT2D eigenvalue weighted by molar-refractivity contribution is 7.16. The van der Waals surface area contributed by atoms with E-state index in [-0.39, 0.29) is 11.9 Å². The molecule has 3 aromatic heterocycles. The highest BCUT2D eigenvalue weighted by atomic mass is 32.1. The van der Waals surface area contributed by atoms with Crippen molar-refractivity contribution in [2.24, 2.45) is 0 Å². The number of amides is 1. The van der Waals surface area contributed by atoms with Crippen molar-refractivity contribution in [3.8, 4) is 10.6 Å². The summed E-state index contributed by atoms with van der Waals surface area (Å²) >= 11 is 3.09. The lowest BCUT2D eigenvalue weighted by atomic mass is 10.2. The Morgan fingerprint density at radius 2 is 1.97 bits per heavy atom. The molecule has 0 aliphatic carbocycles.